The van der Waals surface area contributed by atoms with Crippen LogP contribution < -0.4 is 5.32 Å². The molecule has 0 bridgehead atoms. The minimum atomic E-state index is -0.345. The molecule has 1 amide bonds. The molecule has 0 atom stereocenters. The highest BCUT2D eigenvalue weighted by atomic mass is 19.1. The minimum absolute atomic E-state index is 0.0947. The molecule has 0 aliphatic carbocycles. The van der Waals surface area contributed by atoms with E-state index in [2.05, 4.69) is 20.4 Å². The molecule has 4 aromatic rings. The monoisotopic (exact) mass is 363 g/mol. The maximum atomic E-state index is 13.0. The number of nitrogens with one attached hydrogen (secondary N) is 1. The molecule has 4 rings (SSSR count). The van der Waals surface area contributed by atoms with Gasteiger partial charge in [-0.15, -0.1) is 0 Å². The number of furan rings is 1. The predicted molar refractivity (Wildman–Crippen MR) is 95.6 cm³/mol. The first-order valence-corrected chi connectivity index (χ1v) is 8.15. The number of hydrogen-bond acceptors (Lipinski definition) is 5. The van der Waals surface area contributed by atoms with Gasteiger partial charge >= 0.3 is 0 Å². The van der Waals surface area contributed by atoms with Crippen LogP contribution >= 0.6 is 0 Å². The normalized spacial score (nSPS) is 10.7. The van der Waals surface area contributed by atoms with Gasteiger partial charge in [0.15, 0.2) is 17.4 Å². The molecule has 0 aliphatic heterocycles. The highest BCUT2D eigenvalue weighted by Crippen LogP contribution is 2.20. The number of anilines is 1. The topological polar surface area (TPSA) is 85.8 Å². The van der Waals surface area contributed by atoms with Gasteiger partial charge in [-0.1, -0.05) is 12.1 Å². The molecule has 0 saturated carbocycles. The number of amides is 1. The van der Waals surface area contributed by atoms with E-state index >= 15 is 0 Å². The largest absolute Gasteiger partial charge is 0.461 e. The Hall–Kier alpha value is -3.81. The van der Waals surface area contributed by atoms with Crippen molar-refractivity contribution in [3.63, 3.8) is 0 Å². The Morgan fingerprint density at radius 1 is 1.15 bits per heavy atom. The van der Waals surface area contributed by atoms with Gasteiger partial charge in [0.05, 0.1) is 12.7 Å². The summed E-state index contributed by atoms with van der Waals surface area (Å²) in [7, 11) is 0. The summed E-state index contributed by atoms with van der Waals surface area (Å²) in [5.74, 6) is 0.967. The second-order valence-electron chi connectivity index (χ2n) is 5.71. The lowest BCUT2D eigenvalue weighted by molar-refractivity contribution is -0.115. The Labute approximate surface area is 153 Å². The van der Waals surface area contributed by atoms with E-state index in [-0.39, 0.29) is 18.1 Å². The third-order valence-electron chi connectivity index (χ3n) is 3.74. The van der Waals surface area contributed by atoms with E-state index in [9.17, 15) is 9.18 Å². The average Bonchev–Trinajstić information content (AvgIpc) is 3.37. The molecule has 3 heterocycles. The predicted octanol–water partition coefficient (Wildman–Crippen LogP) is 3.24. The molecule has 0 spiro atoms. The van der Waals surface area contributed by atoms with Crippen LogP contribution in [-0.4, -0.2) is 25.7 Å². The standard InChI is InChI=1S/C19H14FN5O2/c20-14-6-4-13(5-7-14)11-18(26)22-16-12-17(25-9-2-8-21-25)24-19(23-16)15-3-1-10-27-15/h1-10,12H,11H2,(H,22,23,24,26). The maximum Gasteiger partial charge on any atom is 0.229 e. The number of benzene rings is 1. The van der Waals surface area contributed by atoms with Crippen LogP contribution in [0.1, 0.15) is 5.56 Å². The first-order valence-electron chi connectivity index (χ1n) is 8.15. The molecule has 0 fully saturated rings. The number of rotatable bonds is 5. The third-order valence-corrected chi connectivity index (χ3v) is 3.74. The van der Waals surface area contributed by atoms with Crippen LogP contribution in [0.5, 0.6) is 0 Å². The molecule has 3 aromatic heterocycles. The summed E-state index contributed by atoms with van der Waals surface area (Å²) >= 11 is 0. The number of halogens is 1. The first kappa shape index (κ1) is 16.6. The second kappa shape index (κ2) is 7.20. The van der Waals surface area contributed by atoms with Crippen molar-refractivity contribution in [2.24, 2.45) is 0 Å². The van der Waals surface area contributed by atoms with Gasteiger partial charge in [-0.05, 0) is 35.9 Å². The minimum Gasteiger partial charge on any atom is -0.461 e. The fraction of sp³-hybridized carbons (Fsp3) is 0.0526. The van der Waals surface area contributed by atoms with E-state index in [0.717, 1.165) is 0 Å². The number of carbonyl (C=O) groups excluding carboxylic acids is 1. The van der Waals surface area contributed by atoms with E-state index in [1.807, 2.05) is 0 Å². The zero-order valence-electron chi connectivity index (χ0n) is 14.0. The van der Waals surface area contributed by atoms with E-state index in [1.54, 1.807) is 53.5 Å². The van der Waals surface area contributed by atoms with Crippen LogP contribution in [0.2, 0.25) is 0 Å². The Balaban J connectivity index is 1.61. The summed E-state index contributed by atoms with van der Waals surface area (Å²) in [4.78, 5) is 21.1. The molecule has 1 N–H and O–H groups in total. The Morgan fingerprint density at radius 3 is 2.70 bits per heavy atom. The van der Waals surface area contributed by atoms with Gasteiger partial charge < -0.3 is 9.73 Å². The maximum absolute atomic E-state index is 13.0. The van der Waals surface area contributed by atoms with Crippen LogP contribution in [0.3, 0.4) is 0 Å². The fourth-order valence-corrected chi connectivity index (χ4v) is 2.51. The van der Waals surface area contributed by atoms with Crippen LogP contribution in [0.4, 0.5) is 10.2 Å². The Bertz CT molecular complexity index is 992. The molecule has 7 nitrogen and oxygen atoms in total. The summed E-state index contributed by atoms with van der Waals surface area (Å²) in [6.45, 7) is 0. The number of aromatic nitrogens is 4. The molecule has 134 valence electrons. The lowest BCUT2D eigenvalue weighted by atomic mass is 10.1. The number of nitrogens with zero attached hydrogens (tertiary/aromatic N) is 4. The van der Waals surface area contributed by atoms with Gasteiger partial charge in [0.25, 0.3) is 0 Å². The number of hydrogen-bond donors (Lipinski definition) is 1. The van der Waals surface area contributed by atoms with Crippen molar-refractivity contribution in [1.29, 1.82) is 0 Å². The zero-order chi connectivity index (χ0) is 18.6. The van der Waals surface area contributed by atoms with Gasteiger partial charge in [-0.3, -0.25) is 4.79 Å². The Kier molecular flexibility index (Phi) is 4.44. The SMILES string of the molecule is O=C(Cc1ccc(F)cc1)Nc1cc(-n2cccn2)nc(-c2ccco2)n1. The van der Waals surface area contributed by atoms with E-state index < -0.39 is 0 Å². The summed E-state index contributed by atoms with van der Waals surface area (Å²) in [6.07, 6.45) is 4.98. The van der Waals surface area contributed by atoms with Crippen molar-refractivity contribution in [2.45, 2.75) is 6.42 Å². The van der Waals surface area contributed by atoms with Crippen LogP contribution in [0, 0.1) is 5.82 Å². The number of carbonyl (C=O) groups is 1. The fourth-order valence-electron chi connectivity index (χ4n) is 2.51. The molecular weight excluding hydrogens is 349 g/mol. The van der Waals surface area contributed by atoms with Gasteiger partial charge in [0.2, 0.25) is 5.91 Å². The van der Waals surface area contributed by atoms with Crippen molar-refractivity contribution in [2.75, 3.05) is 5.32 Å². The van der Waals surface area contributed by atoms with E-state index in [0.29, 0.717) is 28.8 Å². The highest BCUT2D eigenvalue weighted by Gasteiger charge is 2.13. The lowest BCUT2D eigenvalue weighted by Crippen LogP contribution is -2.16. The summed E-state index contributed by atoms with van der Waals surface area (Å²) in [5.41, 5.74) is 0.696. The first-order chi connectivity index (χ1) is 13.2. The molecule has 0 aliphatic rings. The van der Waals surface area contributed by atoms with Crippen molar-refractivity contribution < 1.29 is 13.6 Å². The average molecular weight is 363 g/mol. The van der Waals surface area contributed by atoms with Crippen molar-refractivity contribution >= 4 is 11.7 Å². The molecular formula is C19H14FN5O2. The summed E-state index contributed by atoms with van der Waals surface area (Å²) in [5, 5.41) is 6.90. The van der Waals surface area contributed by atoms with Gasteiger partial charge in [0, 0.05) is 18.5 Å². The van der Waals surface area contributed by atoms with Crippen LogP contribution in [0.25, 0.3) is 17.4 Å². The van der Waals surface area contributed by atoms with Gasteiger partial charge in [-0.25, -0.2) is 19.0 Å². The van der Waals surface area contributed by atoms with Crippen LogP contribution in [0.15, 0.2) is 71.6 Å². The van der Waals surface area contributed by atoms with Crippen LogP contribution in [-0.2, 0) is 11.2 Å². The van der Waals surface area contributed by atoms with Crippen molar-refractivity contribution in [3.05, 3.63) is 78.6 Å². The van der Waals surface area contributed by atoms with Gasteiger partial charge in [-0.2, -0.15) is 5.10 Å². The summed E-state index contributed by atoms with van der Waals surface area (Å²) < 4.78 is 19.9. The molecule has 0 radical (unpaired) electrons. The van der Waals surface area contributed by atoms with E-state index in [4.69, 9.17) is 4.42 Å². The molecule has 0 unspecified atom stereocenters. The molecule has 8 heteroatoms. The molecule has 27 heavy (non-hydrogen) atoms. The Morgan fingerprint density at radius 2 is 2.00 bits per heavy atom. The second-order valence-corrected chi connectivity index (χ2v) is 5.71. The zero-order valence-corrected chi connectivity index (χ0v) is 14.0. The third kappa shape index (κ3) is 3.90. The smallest absolute Gasteiger partial charge is 0.229 e. The summed E-state index contributed by atoms with van der Waals surface area (Å²) in [6, 6.07) is 12.6. The lowest BCUT2D eigenvalue weighted by Gasteiger charge is -2.09. The highest BCUT2D eigenvalue weighted by molar-refractivity contribution is 5.91. The molecule has 0 saturated heterocycles. The quantitative estimate of drug-likeness (QED) is 0.588. The van der Waals surface area contributed by atoms with Gasteiger partial charge in [0.1, 0.15) is 11.6 Å². The van der Waals surface area contributed by atoms with Crippen molar-refractivity contribution in [1.82, 2.24) is 19.7 Å². The van der Waals surface area contributed by atoms with Crippen molar-refractivity contribution in [3.8, 4) is 17.4 Å². The van der Waals surface area contributed by atoms with E-state index in [1.165, 1.54) is 18.4 Å². The molecule has 1 aromatic carbocycles.